The van der Waals surface area contributed by atoms with Gasteiger partial charge in [-0.05, 0) is 12.1 Å². The van der Waals surface area contributed by atoms with Crippen molar-refractivity contribution in [2.45, 2.75) is 12.8 Å². The molecule has 1 N–H and O–H groups in total. The molecule has 0 saturated carbocycles. The van der Waals surface area contributed by atoms with E-state index < -0.39 is 22.8 Å². The summed E-state index contributed by atoms with van der Waals surface area (Å²) in [5.41, 5.74) is 1.91. The van der Waals surface area contributed by atoms with Crippen molar-refractivity contribution in [1.29, 1.82) is 0 Å². The molecule has 0 aliphatic carbocycles. The fourth-order valence-electron chi connectivity index (χ4n) is 1.56. The molecule has 0 fully saturated rings. The van der Waals surface area contributed by atoms with Gasteiger partial charge >= 0.3 is 11.9 Å². The summed E-state index contributed by atoms with van der Waals surface area (Å²) < 4.78 is 8.96. The third-order valence-electron chi connectivity index (χ3n) is 2.85. The van der Waals surface area contributed by atoms with E-state index in [0.29, 0.717) is 0 Å². The van der Waals surface area contributed by atoms with Gasteiger partial charge in [-0.15, -0.1) is 0 Å². The minimum Gasteiger partial charge on any atom is -0.469 e. The first-order valence-electron chi connectivity index (χ1n) is 6.65. The maximum absolute atomic E-state index is 11.9. The van der Waals surface area contributed by atoms with Gasteiger partial charge in [-0.25, -0.2) is 10.2 Å². The van der Waals surface area contributed by atoms with E-state index in [4.69, 9.17) is 0 Å². The number of nitrogens with one attached hydrogen (secondary N) is 1. The lowest BCUT2D eigenvalue weighted by molar-refractivity contribution is -0.384. The van der Waals surface area contributed by atoms with Gasteiger partial charge in [0.25, 0.3) is 11.6 Å². The van der Waals surface area contributed by atoms with E-state index in [-0.39, 0.29) is 29.8 Å². The number of rotatable bonds is 7. The molecule has 0 unspecified atom stereocenters. The molecule has 0 bridgehead atoms. The predicted octanol–water partition coefficient (Wildman–Crippen LogP) is 0.807. The van der Waals surface area contributed by atoms with Crippen LogP contribution in [0.25, 0.3) is 0 Å². The second kappa shape index (κ2) is 8.98. The van der Waals surface area contributed by atoms with Crippen molar-refractivity contribution in [3.63, 3.8) is 0 Å². The predicted molar refractivity (Wildman–Crippen MR) is 81.3 cm³/mol. The lowest BCUT2D eigenvalue weighted by Gasteiger charge is -2.05. The molecule has 10 heteroatoms. The molecule has 128 valence electrons. The molecule has 1 amide bonds. The molecule has 0 radical (unpaired) electrons. The van der Waals surface area contributed by atoms with Crippen molar-refractivity contribution < 1.29 is 28.8 Å². The molecule has 0 aliphatic rings. The number of ether oxygens (including phenoxy) is 2. The summed E-state index contributed by atoms with van der Waals surface area (Å²) in [4.78, 5) is 44.5. The molecule has 1 aromatic rings. The van der Waals surface area contributed by atoms with Crippen LogP contribution in [0.2, 0.25) is 0 Å². The highest BCUT2D eigenvalue weighted by molar-refractivity contribution is 6.36. The first-order valence-corrected chi connectivity index (χ1v) is 6.65. The van der Waals surface area contributed by atoms with Gasteiger partial charge < -0.3 is 9.47 Å². The van der Waals surface area contributed by atoms with E-state index in [1.54, 1.807) is 0 Å². The first-order chi connectivity index (χ1) is 11.4. The molecule has 0 aromatic heterocycles. The minimum absolute atomic E-state index is 0.0834. The van der Waals surface area contributed by atoms with Crippen LogP contribution in [-0.2, 0) is 19.1 Å². The second-order valence-corrected chi connectivity index (χ2v) is 4.37. The van der Waals surface area contributed by atoms with Crippen LogP contribution in [0.15, 0.2) is 29.4 Å². The summed E-state index contributed by atoms with van der Waals surface area (Å²) in [6, 6.07) is 4.82. The number of carbonyl (C=O) groups is 3. The molecule has 1 aromatic carbocycles. The first kappa shape index (κ1) is 18.7. The highest BCUT2D eigenvalue weighted by Crippen LogP contribution is 2.11. The van der Waals surface area contributed by atoms with Crippen LogP contribution in [0.4, 0.5) is 5.69 Å². The Morgan fingerprint density at radius 2 is 1.75 bits per heavy atom. The van der Waals surface area contributed by atoms with E-state index in [2.05, 4.69) is 20.0 Å². The Balaban J connectivity index is 2.79. The Hall–Kier alpha value is -3.30. The number of esters is 2. The number of nitro groups is 1. The van der Waals surface area contributed by atoms with E-state index in [0.717, 1.165) is 19.2 Å². The largest absolute Gasteiger partial charge is 0.469 e. The topological polar surface area (TPSA) is 137 Å². The number of hydrogen-bond acceptors (Lipinski definition) is 8. The lowest BCUT2D eigenvalue weighted by atomic mass is 10.2. The highest BCUT2D eigenvalue weighted by atomic mass is 16.6. The van der Waals surface area contributed by atoms with Gasteiger partial charge in [0.2, 0.25) is 0 Å². The molecule has 1 rings (SSSR count). The quantitative estimate of drug-likeness (QED) is 0.336. The minimum atomic E-state index is -0.803. The zero-order valence-corrected chi connectivity index (χ0v) is 13.0. The van der Waals surface area contributed by atoms with Crippen molar-refractivity contribution >= 4 is 29.2 Å². The highest BCUT2D eigenvalue weighted by Gasteiger charge is 2.16. The fourth-order valence-corrected chi connectivity index (χ4v) is 1.56. The van der Waals surface area contributed by atoms with Gasteiger partial charge in [0, 0.05) is 24.1 Å². The number of nitrogens with zero attached hydrogens (tertiary/aromatic N) is 2. The smallest absolute Gasteiger partial charge is 0.354 e. The van der Waals surface area contributed by atoms with Gasteiger partial charge in [0.1, 0.15) is 5.71 Å². The number of carbonyl (C=O) groups excluding carboxylic acids is 3. The summed E-state index contributed by atoms with van der Waals surface area (Å²) in [6.07, 6.45) is -0.197. The van der Waals surface area contributed by atoms with Crippen LogP contribution >= 0.6 is 0 Å². The number of hydrogen-bond donors (Lipinski definition) is 1. The Morgan fingerprint density at radius 3 is 2.25 bits per heavy atom. The van der Waals surface area contributed by atoms with Gasteiger partial charge in [-0.1, -0.05) is 0 Å². The molecule has 0 saturated heterocycles. The Kier molecular flexibility index (Phi) is 7.01. The molecule has 10 nitrogen and oxygen atoms in total. The third kappa shape index (κ3) is 5.48. The maximum Gasteiger partial charge on any atom is 0.354 e. The zero-order chi connectivity index (χ0) is 18.1. The summed E-state index contributed by atoms with van der Waals surface area (Å²) in [5.74, 6) is -2.03. The molecule has 0 atom stereocenters. The van der Waals surface area contributed by atoms with E-state index in [1.165, 1.54) is 19.2 Å². The van der Waals surface area contributed by atoms with Crippen LogP contribution in [0.1, 0.15) is 23.2 Å². The summed E-state index contributed by atoms with van der Waals surface area (Å²) >= 11 is 0. The van der Waals surface area contributed by atoms with Gasteiger partial charge in [-0.3, -0.25) is 19.7 Å². The van der Waals surface area contributed by atoms with E-state index >= 15 is 0 Å². The number of nitro benzene ring substituents is 1. The Morgan fingerprint density at radius 1 is 1.12 bits per heavy atom. The summed E-state index contributed by atoms with van der Waals surface area (Å²) in [6.45, 7) is 0. The van der Waals surface area contributed by atoms with Crippen LogP contribution < -0.4 is 5.43 Å². The fraction of sp³-hybridized carbons (Fsp3) is 0.286. The Bertz CT molecular complexity index is 667. The second-order valence-electron chi connectivity index (χ2n) is 4.37. The number of non-ortho nitro benzene ring substituents is 1. The van der Waals surface area contributed by atoms with Crippen LogP contribution in [0.5, 0.6) is 0 Å². The number of methoxy groups -OCH3 is 2. The van der Waals surface area contributed by atoms with Crippen molar-refractivity contribution in [3.8, 4) is 0 Å². The van der Waals surface area contributed by atoms with E-state index in [9.17, 15) is 24.5 Å². The molecular weight excluding hydrogens is 322 g/mol. The molecule has 0 aliphatic heterocycles. The van der Waals surface area contributed by atoms with E-state index in [1.807, 2.05) is 0 Å². The standard InChI is InChI=1S/C14H15N3O7/c1-23-12(18)8-7-11(14(20)24-2)15-16-13(19)9-3-5-10(6-4-9)17(21)22/h3-6H,7-8H2,1-2H3,(H,16,19)/b15-11-. The third-order valence-corrected chi connectivity index (χ3v) is 2.85. The summed E-state index contributed by atoms with van der Waals surface area (Å²) in [5, 5.41) is 14.2. The zero-order valence-electron chi connectivity index (χ0n) is 13.0. The van der Waals surface area contributed by atoms with Gasteiger partial charge in [0.15, 0.2) is 0 Å². The van der Waals surface area contributed by atoms with Crippen molar-refractivity contribution in [2.75, 3.05) is 14.2 Å². The molecule has 0 heterocycles. The summed E-state index contributed by atoms with van der Waals surface area (Å²) in [7, 11) is 2.34. The number of hydrazone groups is 1. The molecule has 0 spiro atoms. The number of amides is 1. The van der Waals surface area contributed by atoms with Gasteiger partial charge in [-0.2, -0.15) is 5.10 Å². The van der Waals surface area contributed by atoms with Crippen molar-refractivity contribution in [1.82, 2.24) is 5.43 Å². The molecule has 24 heavy (non-hydrogen) atoms. The monoisotopic (exact) mass is 337 g/mol. The van der Waals surface area contributed by atoms with Crippen molar-refractivity contribution in [2.24, 2.45) is 5.10 Å². The maximum atomic E-state index is 11.9. The SMILES string of the molecule is COC(=O)CC/C(=N/NC(=O)c1ccc([N+](=O)[O-])cc1)C(=O)OC. The lowest BCUT2D eigenvalue weighted by Crippen LogP contribution is -2.25. The van der Waals surface area contributed by atoms with Crippen LogP contribution in [0, 0.1) is 10.1 Å². The van der Waals surface area contributed by atoms with Crippen LogP contribution in [-0.4, -0.2) is 42.7 Å². The van der Waals surface area contributed by atoms with Gasteiger partial charge in [0.05, 0.1) is 25.6 Å². The normalized spacial score (nSPS) is 10.7. The average Bonchev–Trinajstić information content (AvgIpc) is 2.60. The van der Waals surface area contributed by atoms with Crippen LogP contribution in [0.3, 0.4) is 0 Å². The Labute approximate surface area is 136 Å². The number of benzene rings is 1. The molecular formula is C14H15N3O7. The van der Waals surface area contributed by atoms with Crippen molar-refractivity contribution in [3.05, 3.63) is 39.9 Å². The average molecular weight is 337 g/mol.